The molecule has 0 amide bonds. The van der Waals surface area contributed by atoms with Gasteiger partial charge in [0.25, 0.3) is 0 Å². The molecule has 0 saturated carbocycles. The summed E-state index contributed by atoms with van der Waals surface area (Å²) in [6.07, 6.45) is 0. The van der Waals surface area contributed by atoms with Gasteiger partial charge in [-0.2, -0.15) is 13.2 Å². The molecule has 2 rings (SSSR count). The molecule has 10 heteroatoms. The van der Waals surface area contributed by atoms with E-state index in [1.807, 2.05) is 0 Å². The standard InChI is InChI=1S/C11H5BrClF3N2O2S/c12-7-9(18(19)20)8(5-1-3-6(13)4-2-5)17-10(7)21-11(14,15)16/h1-4,17H. The lowest BCUT2D eigenvalue weighted by Gasteiger charge is -2.03. The smallest absolute Gasteiger partial charge is 0.343 e. The zero-order valence-electron chi connectivity index (χ0n) is 9.87. The maximum Gasteiger partial charge on any atom is 0.447 e. The molecular weight excluding hydrogens is 397 g/mol. The average Bonchev–Trinajstić information content (AvgIpc) is 2.65. The van der Waals surface area contributed by atoms with E-state index in [1.54, 1.807) is 0 Å². The average molecular weight is 402 g/mol. The number of thioether (sulfide) groups is 1. The van der Waals surface area contributed by atoms with E-state index in [2.05, 4.69) is 20.9 Å². The van der Waals surface area contributed by atoms with Crippen molar-refractivity contribution < 1.29 is 18.1 Å². The van der Waals surface area contributed by atoms with Gasteiger partial charge >= 0.3 is 11.2 Å². The SMILES string of the molecule is O=[N+]([O-])c1c(-c2ccc(Cl)cc2)[nH]c(SC(F)(F)F)c1Br. The maximum absolute atomic E-state index is 12.5. The molecule has 0 radical (unpaired) electrons. The van der Waals surface area contributed by atoms with E-state index < -0.39 is 27.9 Å². The number of nitrogens with zero attached hydrogens (tertiary/aromatic N) is 1. The Bertz CT molecular complexity index is 688. The Hall–Kier alpha value is -1.19. The van der Waals surface area contributed by atoms with Crippen LogP contribution in [0, 0.1) is 10.1 Å². The summed E-state index contributed by atoms with van der Waals surface area (Å²) in [6.45, 7) is 0. The molecule has 112 valence electrons. The molecule has 0 aliphatic carbocycles. The molecule has 1 aromatic carbocycles. The van der Waals surface area contributed by atoms with Gasteiger partial charge < -0.3 is 4.98 Å². The van der Waals surface area contributed by atoms with E-state index in [0.717, 1.165) is 0 Å². The molecule has 0 aliphatic rings. The van der Waals surface area contributed by atoms with Crippen molar-refractivity contribution in [3.63, 3.8) is 0 Å². The number of aromatic amines is 1. The van der Waals surface area contributed by atoms with Crippen LogP contribution in [0.15, 0.2) is 33.8 Å². The van der Waals surface area contributed by atoms with Gasteiger partial charge in [-0.05, 0) is 28.1 Å². The summed E-state index contributed by atoms with van der Waals surface area (Å²) in [6, 6.07) is 5.95. The first-order chi connectivity index (χ1) is 9.69. The first-order valence-electron chi connectivity index (χ1n) is 5.26. The summed E-state index contributed by atoms with van der Waals surface area (Å²) in [5.74, 6) is 0. The summed E-state index contributed by atoms with van der Waals surface area (Å²) in [4.78, 5) is 12.8. The lowest BCUT2D eigenvalue weighted by molar-refractivity contribution is -0.384. The summed E-state index contributed by atoms with van der Waals surface area (Å²) in [7, 11) is 0. The fraction of sp³-hybridized carbons (Fsp3) is 0.0909. The van der Waals surface area contributed by atoms with Crippen LogP contribution in [-0.2, 0) is 0 Å². The molecule has 0 fully saturated rings. The minimum Gasteiger partial charge on any atom is -0.343 e. The predicted molar refractivity (Wildman–Crippen MR) is 77.5 cm³/mol. The van der Waals surface area contributed by atoms with E-state index >= 15 is 0 Å². The highest BCUT2D eigenvalue weighted by molar-refractivity contribution is 9.10. The lowest BCUT2D eigenvalue weighted by atomic mass is 10.1. The summed E-state index contributed by atoms with van der Waals surface area (Å²) >= 11 is 8.11. The molecule has 1 N–H and O–H groups in total. The van der Waals surface area contributed by atoms with Gasteiger partial charge in [-0.3, -0.25) is 10.1 Å². The molecule has 2 aromatic rings. The molecule has 0 aliphatic heterocycles. The lowest BCUT2D eigenvalue weighted by Crippen LogP contribution is -1.99. The van der Waals surface area contributed by atoms with Gasteiger partial charge in [-0.25, -0.2) is 0 Å². The van der Waals surface area contributed by atoms with E-state index in [9.17, 15) is 23.3 Å². The van der Waals surface area contributed by atoms with Crippen LogP contribution in [0.3, 0.4) is 0 Å². The number of hydrogen-bond donors (Lipinski definition) is 1. The number of alkyl halides is 3. The summed E-state index contributed by atoms with van der Waals surface area (Å²) < 4.78 is 37.1. The molecule has 0 spiro atoms. The Morgan fingerprint density at radius 1 is 1.29 bits per heavy atom. The molecule has 1 heterocycles. The molecular formula is C11H5BrClF3N2O2S. The Kier molecular flexibility index (Phi) is 4.54. The number of nitro groups is 1. The number of nitrogens with one attached hydrogen (secondary N) is 1. The first kappa shape index (κ1) is 16.2. The zero-order chi connectivity index (χ0) is 15.8. The third-order valence-corrected chi connectivity index (χ3v) is 4.44. The third-order valence-electron chi connectivity index (χ3n) is 2.42. The zero-order valence-corrected chi connectivity index (χ0v) is 13.0. The van der Waals surface area contributed by atoms with Gasteiger partial charge in [0.1, 0.15) is 15.2 Å². The first-order valence-corrected chi connectivity index (χ1v) is 7.25. The number of halogens is 5. The van der Waals surface area contributed by atoms with Crippen LogP contribution >= 0.6 is 39.3 Å². The fourth-order valence-corrected chi connectivity index (χ4v) is 3.01. The highest BCUT2D eigenvalue weighted by Gasteiger charge is 2.35. The number of benzene rings is 1. The number of hydrogen-bond acceptors (Lipinski definition) is 3. The van der Waals surface area contributed by atoms with Crippen molar-refractivity contribution in [1.29, 1.82) is 0 Å². The summed E-state index contributed by atoms with van der Waals surface area (Å²) in [5.41, 5.74) is -4.67. The summed E-state index contributed by atoms with van der Waals surface area (Å²) in [5, 5.41) is 11.1. The minimum absolute atomic E-state index is 0.0182. The molecule has 0 bridgehead atoms. The Morgan fingerprint density at radius 3 is 2.33 bits per heavy atom. The van der Waals surface area contributed by atoms with Crippen molar-refractivity contribution in [2.24, 2.45) is 0 Å². The molecule has 0 unspecified atom stereocenters. The van der Waals surface area contributed by atoms with E-state index in [4.69, 9.17) is 11.6 Å². The largest absolute Gasteiger partial charge is 0.447 e. The van der Waals surface area contributed by atoms with Crippen molar-refractivity contribution in [3.8, 4) is 11.3 Å². The van der Waals surface area contributed by atoms with E-state index in [-0.39, 0.29) is 15.2 Å². The van der Waals surface area contributed by atoms with Crippen LogP contribution in [0.4, 0.5) is 18.9 Å². The highest BCUT2D eigenvalue weighted by atomic mass is 79.9. The second kappa shape index (κ2) is 5.90. The van der Waals surface area contributed by atoms with Gasteiger partial charge in [0.2, 0.25) is 0 Å². The number of aromatic nitrogens is 1. The fourth-order valence-electron chi connectivity index (χ4n) is 1.63. The van der Waals surface area contributed by atoms with Gasteiger partial charge in [0.15, 0.2) is 0 Å². The molecule has 0 atom stereocenters. The van der Waals surface area contributed by atoms with Crippen LogP contribution in [0.1, 0.15) is 0 Å². The van der Waals surface area contributed by atoms with Crippen molar-refractivity contribution in [2.45, 2.75) is 10.5 Å². The number of rotatable bonds is 3. The van der Waals surface area contributed by atoms with Crippen molar-refractivity contribution in [1.82, 2.24) is 4.98 Å². The van der Waals surface area contributed by atoms with Crippen molar-refractivity contribution in [3.05, 3.63) is 43.9 Å². The van der Waals surface area contributed by atoms with E-state index in [1.165, 1.54) is 24.3 Å². The normalized spacial score (nSPS) is 11.7. The van der Waals surface area contributed by atoms with Gasteiger partial charge in [0.05, 0.1) is 4.92 Å². The topological polar surface area (TPSA) is 58.9 Å². The quantitative estimate of drug-likeness (QED) is 0.413. The monoisotopic (exact) mass is 400 g/mol. The van der Waals surface area contributed by atoms with E-state index in [0.29, 0.717) is 10.6 Å². The van der Waals surface area contributed by atoms with Crippen molar-refractivity contribution >= 4 is 45.0 Å². The molecule has 1 aromatic heterocycles. The minimum atomic E-state index is -4.56. The van der Waals surface area contributed by atoms with Crippen LogP contribution < -0.4 is 0 Å². The van der Waals surface area contributed by atoms with Crippen LogP contribution in [0.5, 0.6) is 0 Å². The van der Waals surface area contributed by atoms with Crippen LogP contribution in [0.25, 0.3) is 11.3 Å². The second-order valence-corrected chi connectivity index (χ2v) is 6.11. The molecule has 4 nitrogen and oxygen atoms in total. The van der Waals surface area contributed by atoms with Gasteiger partial charge in [-0.15, -0.1) is 0 Å². The Balaban J connectivity index is 2.57. The molecule has 0 saturated heterocycles. The van der Waals surface area contributed by atoms with Crippen LogP contribution in [-0.4, -0.2) is 15.4 Å². The number of H-pyrrole nitrogens is 1. The van der Waals surface area contributed by atoms with Crippen molar-refractivity contribution in [2.75, 3.05) is 0 Å². The Morgan fingerprint density at radius 2 is 1.86 bits per heavy atom. The van der Waals surface area contributed by atoms with Gasteiger partial charge in [-0.1, -0.05) is 23.7 Å². The highest BCUT2D eigenvalue weighted by Crippen LogP contribution is 2.47. The van der Waals surface area contributed by atoms with Crippen LogP contribution in [0.2, 0.25) is 5.02 Å². The Labute approximate surface area is 134 Å². The molecule has 21 heavy (non-hydrogen) atoms. The third kappa shape index (κ3) is 3.72. The second-order valence-electron chi connectivity index (χ2n) is 3.80. The predicted octanol–water partition coefficient (Wildman–Crippen LogP) is 5.62. The maximum atomic E-state index is 12.5. The van der Waals surface area contributed by atoms with Gasteiger partial charge in [0, 0.05) is 22.3 Å².